The molecule has 0 aromatic carbocycles. The van der Waals surface area contributed by atoms with Gasteiger partial charge in [-0.05, 0) is 37.3 Å². The summed E-state index contributed by atoms with van der Waals surface area (Å²) in [5.74, 6) is 0. The van der Waals surface area contributed by atoms with Gasteiger partial charge in [0.1, 0.15) is 11.2 Å². The van der Waals surface area contributed by atoms with E-state index in [1.165, 1.54) is 9.75 Å². The van der Waals surface area contributed by atoms with Crippen LogP contribution in [0, 0.1) is 6.92 Å². The number of pyridine rings is 2. The van der Waals surface area contributed by atoms with E-state index in [1.807, 2.05) is 30.7 Å². The summed E-state index contributed by atoms with van der Waals surface area (Å²) >= 11 is 1.77. The SMILES string of the molecule is Cc1ccc(-c2cncc3[nH]c(-c4n[nH]c5ccc(-c6cn[nH]c6)nc45)cc23)s1. The highest BCUT2D eigenvalue weighted by atomic mass is 32.1. The Morgan fingerprint density at radius 1 is 1.00 bits per heavy atom. The van der Waals surface area contributed by atoms with Crippen LogP contribution in [-0.2, 0) is 0 Å². The van der Waals surface area contributed by atoms with Gasteiger partial charge in [-0.3, -0.25) is 15.2 Å². The number of rotatable bonds is 3. The van der Waals surface area contributed by atoms with Gasteiger partial charge in [-0.2, -0.15) is 10.2 Å². The molecule has 7 nitrogen and oxygen atoms in total. The first-order chi connectivity index (χ1) is 14.3. The summed E-state index contributed by atoms with van der Waals surface area (Å²) in [6.07, 6.45) is 7.36. The lowest BCUT2D eigenvalue weighted by Gasteiger charge is -1.98. The highest BCUT2D eigenvalue weighted by Gasteiger charge is 2.16. The molecule has 6 aromatic heterocycles. The van der Waals surface area contributed by atoms with Crippen LogP contribution in [0.2, 0.25) is 0 Å². The molecule has 0 aliphatic carbocycles. The van der Waals surface area contributed by atoms with Crippen LogP contribution in [-0.4, -0.2) is 35.3 Å². The Morgan fingerprint density at radius 3 is 2.79 bits per heavy atom. The zero-order chi connectivity index (χ0) is 19.4. The maximum absolute atomic E-state index is 4.82. The number of hydrogen-bond acceptors (Lipinski definition) is 5. The van der Waals surface area contributed by atoms with E-state index in [2.05, 4.69) is 55.5 Å². The summed E-state index contributed by atoms with van der Waals surface area (Å²) in [4.78, 5) is 15.2. The minimum atomic E-state index is 0.787. The topological polar surface area (TPSA) is 98.9 Å². The van der Waals surface area contributed by atoms with E-state index in [9.17, 15) is 0 Å². The van der Waals surface area contributed by atoms with E-state index < -0.39 is 0 Å². The van der Waals surface area contributed by atoms with Crippen LogP contribution < -0.4 is 0 Å². The molecule has 6 heterocycles. The van der Waals surface area contributed by atoms with Gasteiger partial charge in [-0.1, -0.05) is 0 Å². The lowest BCUT2D eigenvalue weighted by atomic mass is 10.1. The van der Waals surface area contributed by atoms with Crippen molar-refractivity contribution >= 4 is 33.3 Å². The Morgan fingerprint density at radius 2 is 1.97 bits per heavy atom. The number of nitrogens with zero attached hydrogens (tertiary/aromatic N) is 4. The summed E-state index contributed by atoms with van der Waals surface area (Å²) in [7, 11) is 0. The Balaban J connectivity index is 1.53. The molecule has 0 bridgehead atoms. The monoisotopic (exact) mass is 397 g/mol. The summed E-state index contributed by atoms with van der Waals surface area (Å²) in [6, 6.07) is 10.4. The predicted molar refractivity (Wildman–Crippen MR) is 115 cm³/mol. The molecule has 0 aliphatic heterocycles. The van der Waals surface area contributed by atoms with Crippen LogP contribution in [0.1, 0.15) is 4.88 Å². The number of fused-ring (bicyclic) bond motifs is 2. The van der Waals surface area contributed by atoms with Crippen molar-refractivity contribution in [3.8, 4) is 33.1 Å². The van der Waals surface area contributed by atoms with Crippen LogP contribution in [0.25, 0.3) is 55.0 Å². The third-order valence-electron chi connectivity index (χ3n) is 5.01. The Kier molecular flexibility index (Phi) is 3.41. The van der Waals surface area contributed by atoms with Gasteiger partial charge in [0, 0.05) is 38.7 Å². The van der Waals surface area contributed by atoms with Gasteiger partial charge in [0.05, 0.1) is 34.8 Å². The van der Waals surface area contributed by atoms with Crippen molar-refractivity contribution in [2.75, 3.05) is 0 Å². The normalized spacial score (nSPS) is 11.6. The second-order valence-electron chi connectivity index (χ2n) is 6.89. The number of thiophene rings is 1. The molecule has 0 saturated heterocycles. The molecule has 0 atom stereocenters. The molecular weight excluding hydrogens is 382 g/mol. The quantitative estimate of drug-likeness (QED) is 0.394. The van der Waals surface area contributed by atoms with Crippen LogP contribution in [0.4, 0.5) is 0 Å². The van der Waals surface area contributed by atoms with E-state index in [0.29, 0.717) is 0 Å². The zero-order valence-electron chi connectivity index (χ0n) is 15.4. The molecule has 0 spiro atoms. The van der Waals surface area contributed by atoms with Gasteiger partial charge in [0.15, 0.2) is 0 Å². The standard InChI is InChI=1S/C21H15N7S/c1-11-2-5-19(29-11)14-9-22-10-18-13(14)6-17(25-18)21-20-16(27-28-21)4-3-15(26-20)12-7-23-24-8-12/h2-10,25H,1H3,(H,23,24)(H,27,28). The van der Waals surface area contributed by atoms with Gasteiger partial charge < -0.3 is 4.98 Å². The first-order valence-electron chi connectivity index (χ1n) is 9.14. The second kappa shape index (κ2) is 6.11. The summed E-state index contributed by atoms with van der Waals surface area (Å²) < 4.78 is 0. The molecule has 6 aromatic rings. The van der Waals surface area contributed by atoms with Crippen LogP contribution in [0.5, 0.6) is 0 Å². The minimum Gasteiger partial charge on any atom is -0.352 e. The highest BCUT2D eigenvalue weighted by Crippen LogP contribution is 2.36. The first-order valence-corrected chi connectivity index (χ1v) is 9.96. The second-order valence-corrected chi connectivity index (χ2v) is 8.18. The van der Waals surface area contributed by atoms with Crippen LogP contribution in [0.3, 0.4) is 0 Å². The van der Waals surface area contributed by atoms with Crippen molar-refractivity contribution in [1.29, 1.82) is 0 Å². The molecule has 0 fully saturated rings. The van der Waals surface area contributed by atoms with Crippen molar-refractivity contribution in [3.63, 3.8) is 0 Å². The van der Waals surface area contributed by atoms with Crippen molar-refractivity contribution in [2.24, 2.45) is 0 Å². The fourth-order valence-electron chi connectivity index (χ4n) is 3.59. The van der Waals surface area contributed by atoms with E-state index in [0.717, 1.165) is 50.1 Å². The van der Waals surface area contributed by atoms with Crippen molar-refractivity contribution in [3.05, 3.63) is 60.0 Å². The summed E-state index contributed by atoms with van der Waals surface area (Å²) in [5.41, 5.74) is 7.28. The number of aromatic amines is 3. The van der Waals surface area contributed by atoms with Crippen LogP contribution >= 0.6 is 11.3 Å². The van der Waals surface area contributed by atoms with Crippen molar-refractivity contribution < 1.29 is 0 Å². The van der Waals surface area contributed by atoms with Crippen molar-refractivity contribution in [1.82, 2.24) is 35.3 Å². The zero-order valence-corrected chi connectivity index (χ0v) is 16.2. The fraction of sp³-hybridized carbons (Fsp3) is 0.0476. The third kappa shape index (κ3) is 2.57. The Hall–Kier alpha value is -3.78. The maximum Gasteiger partial charge on any atom is 0.135 e. The van der Waals surface area contributed by atoms with Gasteiger partial charge in [0.2, 0.25) is 0 Å². The molecule has 140 valence electrons. The fourth-order valence-corrected chi connectivity index (χ4v) is 4.48. The molecule has 0 radical (unpaired) electrons. The molecular formula is C21H15N7S. The molecule has 0 aliphatic rings. The minimum absolute atomic E-state index is 0.787. The Bertz CT molecular complexity index is 1470. The number of H-pyrrole nitrogens is 3. The molecule has 3 N–H and O–H groups in total. The maximum atomic E-state index is 4.82. The number of nitrogens with one attached hydrogen (secondary N) is 3. The van der Waals surface area contributed by atoms with Crippen LogP contribution in [0.15, 0.2) is 55.1 Å². The van der Waals surface area contributed by atoms with E-state index in [4.69, 9.17) is 4.98 Å². The number of aryl methyl sites for hydroxylation is 1. The van der Waals surface area contributed by atoms with E-state index in [-0.39, 0.29) is 0 Å². The summed E-state index contributed by atoms with van der Waals surface area (Å²) in [5, 5.41) is 15.6. The smallest absolute Gasteiger partial charge is 0.135 e. The van der Waals surface area contributed by atoms with Gasteiger partial charge in [-0.15, -0.1) is 11.3 Å². The lowest BCUT2D eigenvalue weighted by molar-refractivity contribution is 1.09. The van der Waals surface area contributed by atoms with Gasteiger partial charge in [0.25, 0.3) is 0 Å². The molecule has 0 amide bonds. The average Bonchev–Trinajstić information content (AvgIpc) is 3.51. The summed E-state index contributed by atoms with van der Waals surface area (Å²) in [6.45, 7) is 2.11. The lowest BCUT2D eigenvalue weighted by Crippen LogP contribution is -1.84. The predicted octanol–water partition coefficient (Wildman–Crippen LogP) is 4.93. The number of hydrogen-bond donors (Lipinski definition) is 3. The highest BCUT2D eigenvalue weighted by molar-refractivity contribution is 7.15. The van der Waals surface area contributed by atoms with Gasteiger partial charge >= 0.3 is 0 Å². The largest absolute Gasteiger partial charge is 0.352 e. The first kappa shape index (κ1) is 16.2. The van der Waals surface area contributed by atoms with E-state index in [1.54, 1.807) is 17.5 Å². The molecule has 0 saturated carbocycles. The van der Waals surface area contributed by atoms with Crippen molar-refractivity contribution in [2.45, 2.75) is 6.92 Å². The molecule has 29 heavy (non-hydrogen) atoms. The number of aromatic nitrogens is 7. The average molecular weight is 397 g/mol. The molecule has 0 unspecified atom stereocenters. The molecule has 8 heteroatoms. The van der Waals surface area contributed by atoms with Gasteiger partial charge in [-0.25, -0.2) is 4.98 Å². The Labute approximate surface area is 168 Å². The third-order valence-corrected chi connectivity index (χ3v) is 6.04. The van der Waals surface area contributed by atoms with E-state index >= 15 is 0 Å². The molecule has 6 rings (SSSR count).